The second kappa shape index (κ2) is 5.49. The van der Waals surface area contributed by atoms with Gasteiger partial charge in [0.05, 0.1) is 10.5 Å². The Morgan fingerprint density at radius 1 is 1.11 bits per heavy atom. The first-order chi connectivity index (χ1) is 9.10. The van der Waals surface area contributed by atoms with Crippen LogP contribution in [0.3, 0.4) is 0 Å². The van der Waals surface area contributed by atoms with Crippen molar-refractivity contribution >= 4 is 23.6 Å². The first kappa shape index (κ1) is 13.0. The van der Waals surface area contributed by atoms with Gasteiger partial charge in [-0.2, -0.15) is 0 Å². The summed E-state index contributed by atoms with van der Waals surface area (Å²) in [7, 11) is 0. The molecule has 2 aromatic rings. The lowest BCUT2D eigenvalue weighted by molar-refractivity contribution is -0.385. The average Bonchev–Trinajstić information content (AvgIpc) is 2.41. The molecular weight excluding hydrogens is 270 g/mol. The number of rotatable bonds is 4. The maximum absolute atomic E-state index is 10.8. The molecule has 0 atom stereocenters. The van der Waals surface area contributed by atoms with E-state index >= 15 is 0 Å². The second-order valence-corrected chi connectivity index (χ2v) is 4.09. The Kier molecular flexibility index (Phi) is 3.77. The lowest BCUT2D eigenvalue weighted by Gasteiger charge is -2.06. The Morgan fingerprint density at radius 3 is 2.32 bits per heavy atom. The van der Waals surface area contributed by atoms with E-state index in [1.807, 2.05) is 0 Å². The quantitative estimate of drug-likeness (QED) is 0.483. The minimum Gasteiger partial charge on any atom is -0.457 e. The van der Waals surface area contributed by atoms with Gasteiger partial charge in [-0.25, -0.2) is 0 Å². The van der Waals surface area contributed by atoms with Crippen LogP contribution in [0.15, 0.2) is 42.5 Å². The first-order valence-corrected chi connectivity index (χ1v) is 5.65. The third-order valence-corrected chi connectivity index (χ3v) is 2.62. The number of aldehydes is 1. The summed E-state index contributed by atoms with van der Waals surface area (Å²) < 4.78 is 5.47. The second-order valence-electron chi connectivity index (χ2n) is 3.65. The van der Waals surface area contributed by atoms with Gasteiger partial charge in [0.25, 0.3) is 5.69 Å². The molecule has 0 radical (unpaired) electrons. The summed E-state index contributed by atoms with van der Waals surface area (Å²) in [4.78, 5) is 20.9. The van der Waals surface area contributed by atoms with Gasteiger partial charge in [0, 0.05) is 11.1 Å². The fraction of sp³-hybridized carbons (Fsp3) is 0. The van der Waals surface area contributed by atoms with E-state index in [1.165, 1.54) is 18.2 Å². The van der Waals surface area contributed by atoms with Crippen molar-refractivity contribution in [3.8, 4) is 11.5 Å². The van der Waals surface area contributed by atoms with Crippen LogP contribution in [-0.2, 0) is 0 Å². The van der Waals surface area contributed by atoms with Gasteiger partial charge in [0.1, 0.15) is 11.5 Å². The van der Waals surface area contributed by atoms with E-state index in [4.69, 9.17) is 16.3 Å². The molecule has 6 heteroatoms. The highest BCUT2D eigenvalue weighted by atomic mass is 35.5. The summed E-state index contributed by atoms with van der Waals surface area (Å²) in [6.07, 6.45) is 0.423. The molecule has 0 N–H and O–H groups in total. The van der Waals surface area contributed by atoms with E-state index in [1.54, 1.807) is 24.3 Å². The topological polar surface area (TPSA) is 69.4 Å². The Labute approximate surface area is 113 Å². The SMILES string of the molecule is O=Cc1cc(Oc2ccc(Cl)cc2)ccc1[N+](=O)[O-]. The van der Waals surface area contributed by atoms with E-state index in [0.29, 0.717) is 22.8 Å². The lowest BCUT2D eigenvalue weighted by atomic mass is 10.2. The number of nitro groups is 1. The van der Waals surface area contributed by atoms with Gasteiger partial charge in [0.2, 0.25) is 0 Å². The number of ether oxygens (including phenoxy) is 1. The molecule has 5 nitrogen and oxygen atoms in total. The van der Waals surface area contributed by atoms with Gasteiger partial charge in [-0.05, 0) is 36.4 Å². The molecule has 0 bridgehead atoms. The summed E-state index contributed by atoms with van der Waals surface area (Å²) in [6, 6.07) is 10.6. The summed E-state index contributed by atoms with van der Waals surface area (Å²) in [5.74, 6) is 0.866. The zero-order valence-corrected chi connectivity index (χ0v) is 10.3. The highest BCUT2D eigenvalue weighted by Gasteiger charge is 2.14. The van der Waals surface area contributed by atoms with Gasteiger partial charge in [-0.1, -0.05) is 11.6 Å². The van der Waals surface area contributed by atoms with Crippen molar-refractivity contribution in [1.29, 1.82) is 0 Å². The molecule has 96 valence electrons. The molecule has 0 aromatic heterocycles. The molecule has 0 saturated carbocycles. The van der Waals surface area contributed by atoms with Crippen LogP contribution in [0.1, 0.15) is 10.4 Å². The first-order valence-electron chi connectivity index (χ1n) is 5.27. The number of nitrogens with zero attached hydrogens (tertiary/aromatic N) is 1. The average molecular weight is 278 g/mol. The van der Waals surface area contributed by atoms with Crippen molar-refractivity contribution in [2.45, 2.75) is 0 Å². The molecule has 0 aliphatic carbocycles. The molecule has 2 aromatic carbocycles. The molecule has 0 spiro atoms. The molecule has 0 heterocycles. The Balaban J connectivity index is 2.29. The van der Waals surface area contributed by atoms with Gasteiger partial charge in [0.15, 0.2) is 6.29 Å². The number of hydrogen-bond acceptors (Lipinski definition) is 4. The highest BCUT2D eigenvalue weighted by molar-refractivity contribution is 6.30. The van der Waals surface area contributed by atoms with Gasteiger partial charge in [-0.15, -0.1) is 0 Å². The fourth-order valence-electron chi connectivity index (χ4n) is 1.50. The Hall–Kier alpha value is -2.40. The van der Waals surface area contributed by atoms with Crippen LogP contribution >= 0.6 is 11.6 Å². The molecule has 0 unspecified atom stereocenters. The van der Waals surface area contributed by atoms with Crippen LogP contribution in [-0.4, -0.2) is 11.2 Å². The van der Waals surface area contributed by atoms with Crippen molar-refractivity contribution in [2.24, 2.45) is 0 Å². The van der Waals surface area contributed by atoms with Crippen LogP contribution in [0.25, 0.3) is 0 Å². The number of halogens is 1. The number of carbonyl (C=O) groups is 1. The maximum atomic E-state index is 10.8. The van der Waals surface area contributed by atoms with Crippen LogP contribution in [0.5, 0.6) is 11.5 Å². The molecule has 0 aliphatic heterocycles. The van der Waals surface area contributed by atoms with Crippen LogP contribution < -0.4 is 4.74 Å². The minimum absolute atomic E-state index is 0.0311. The van der Waals surface area contributed by atoms with Crippen molar-refractivity contribution in [3.63, 3.8) is 0 Å². The molecule has 2 rings (SSSR count). The van der Waals surface area contributed by atoms with E-state index in [-0.39, 0.29) is 11.3 Å². The zero-order valence-electron chi connectivity index (χ0n) is 9.58. The molecular formula is C13H8ClNO4. The van der Waals surface area contributed by atoms with Crippen molar-refractivity contribution in [1.82, 2.24) is 0 Å². The predicted molar refractivity (Wildman–Crippen MR) is 70.0 cm³/mol. The molecule has 0 amide bonds. The third kappa shape index (κ3) is 3.08. The smallest absolute Gasteiger partial charge is 0.280 e. The minimum atomic E-state index is -0.615. The van der Waals surface area contributed by atoms with E-state index in [2.05, 4.69) is 0 Å². The van der Waals surface area contributed by atoms with Gasteiger partial charge < -0.3 is 4.74 Å². The van der Waals surface area contributed by atoms with Crippen LogP contribution in [0.4, 0.5) is 5.69 Å². The van der Waals surface area contributed by atoms with E-state index < -0.39 is 4.92 Å². The predicted octanol–water partition coefficient (Wildman–Crippen LogP) is 3.85. The number of benzene rings is 2. The van der Waals surface area contributed by atoms with E-state index in [9.17, 15) is 14.9 Å². The summed E-state index contributed by atoms with van der Waals surface area (Å²) in [5, 5.41) is 11.3. The largest absolute Gasteiger partial charge is 0.457 e. The van der Waals surface area contributed by atoms with Crippen molar-refractivity contribution < 1.29 is 14.5 Å². The normalized spacial score (nSPS) is 9.95. The molecule has 0 fully saturated rings. The van der Waals surface area contributed by atoms with Gasteiger partial charge >= 0.3 is 0 Å². The molecule has 0 aliphatic rings. The van der Waals surface area contributed by atoms with Gasteiger partial charge in [-0.3, -0.25) is 14.9 Å². The Bertz CT molecular complexity index is 625. The standard InChI is InChI=1S/C13H8ClNO4/c14-10-1-3-11(4-2-10)19-12-5-6-13(15(17)18)9(7-12)8-16/h1-8H. The monoisotopic (exact) mass is 277 g/mol. The number of nitro benzene ring substituents is 1. The van der Waals surface area contributed by atoms with Crippen LogP contribution in [0.2, 0.25) is 5.02 Å². The summed E-state index contributed by atoms with van der Waals surface area (Å²) in [5.41, 5.74) is -0.282. The zero-order chi connectivity index (χ0) is 13.8. The number of carbonyl (C=O) groups excluding carboxylic acids is 1. The van der Waals surface area contributed by atoms with E-state index in [0.717, 1.165) is 0 Å². The lowest BCUT2D eigenvalue weighted by Crippen LogP contribution is -1.95. The third-order valence-electron chi connectivity index (χ3n) is 2.37. The molecule has 0 saturated heterocycles. The van der Waals surface area contributed by atoms with Crippen molar-refractivity contribution in [3.05, 3.63) is 63.2 Å². The molecule has 19 heavy (non-hydrogen) atoms. The summed E-state index contributed by atoms with van der Waals surface area (Å²) in [6.45, 7) is 0. The van der Waals surface area contributed by atoms with Crippen molar-refractivity contribution in [2.75, 3.05) is 0 Å². The fourth-order valence-corrected chi connectivity index (χ4v) is 1.62. The Morgan fingerprint density at radius 2 is 1.74 bits per heavy atom. The maximum Gasteiger partial charge on any atom is 0.280 e. The number of hydrogen-bond donors (Lipinski definition) is 0. The summed E-state index contributed by atoms with van der Waals surface area (Å²) >= 11 is 5.74. The van der Waals surface area contributed by atoms with Crippen LogP contribution in [0, 0.1) is 10.1 Å². The highest BCUT2D eigenvalue weighted by Crippen LogP contribution is 2.27.